The molecule has 1 aromatic carbocycles. The Balaban J connectivity index is 1.65. The monoisotopic (exact) mass is 446 g/mol. The van der Waals surface area contributed by atoms with E-state index in [0.29, 0.717) is 17.9 Å². The Hall–Kier alpha value is -3.39. The maximum Gasteiger partial charge on any atom is 0.254 e. The second kappa shape index (κ2) is 8.19. The minimum atomic E-state index is -0.0306. The molecule has 8 heteroatoms. The van der Waals surface area contributed by atoms with Gasteiger partial charge < -0.3 is 24.5 Å². The highest BCUT2D eigenvalue weighted by Gasteiger charge is 2.29. The second-order valence-corrected chi connectivity index (χ2v) is 8.87. The number of rotatable bonds is 4. The van der Waals surface area contributed by atoms with Gasteiger partial charge in [0.25, 0.3) is 5.91 Å². The standard InChI is InChI=1S/C25H30N6O2/c1-5-30-20(12-16-7-6-10-27-23(16)30)24-28-19-11-17(13-21(33-4)22(19)29(24)3)25(32)31-14-18(26)9-8-15(31)2/h6-7,10-13,15,18H,5,8-9,14,26H2,1-4H3/t15?,18-/m0/s1. The summed E-state index contributed by atoms with van der Waals surface area (Å²) >= 11 is 0. The molecule has 4 heterocycles. The molecule has 1 fully saturated rings. The highest BCUT2D eigenvalue weighted by Crippen LogP contribution is 2.34. The molecule has 0 spiro atoms. The van der Waals surface area contributed by atoms with Gasteiger partial charge in [0.05, 0.1) is 18.3 Å². The summed E-state index contributed by atoms with van der Waals surface area (Å²) in [5, 5.41) is 1.07. The SMILES string of the molecule is CCn1c(-c2nc3cc(C(=O)N4C[C@@H](N)CCC4C)cc(OC)c3n2C)cc2cccnc21. The number of likely N-dealkylation sites (tertiary alicyclic amines) is 1. The molecule has 1 aliphatic heterocycles. The van der Waals surface area contributed by atoms with Crippen LogP contribution in [0.2, 0.25) is 0 Å². The van der Waals surface area contributed by atoms with Crippen molar-refractivity contribution >= 4 is 28.0 Å². The van der Waals surface area contributed by atoms with Crippen LogP contribution in [0.1, 0.15) is 37.0 Å². The molecule has 5 rings (SSSR count). The lowest BCUT2D eigenvalue weighted by Crippen LogP contribution is -2.50. The fourth-order valence-electron chi connectivity index (χ4n) is 4.99. The van der Waals surface area contributed by atoms with Gasteiger partial charge in [-0.15, -0.1) is 0 Å². The number of benzene rings is 1. The molecular formula is C25H30N6O2. The maximum absolute atomic E-state index is 13.4. The normalized spacial score (nSPS) is 18.9. The number of aromatic nitrogens is 4. The van der Waals surface area contributed by atoms with E-state index in [1.165, 1.54) is 0 Å². The van der Waals surface area contributed by atoms with Crippen LogP contribution in [0.15, 0.2) is 36.5 Å². The van der Waals surface area contributed by atoms with E-state index in [9.17, 15) is 4.79 Å². The Kier molecular flexibility index (Phi) is 5.32. The van der Waals surface area contributed by atoms with Crippen LogP contribution >= 0.6 is 0 Å². The molecule has 172 valence electrons. The number of carbonyl (C=O) groups is 1. The van der Waals surface area contributed by atoms with Crippen molar-refractivity contribution in [1.82, 2.24) is 24.0 Å². The topological polar surface area (TPSA) is 91.2 Å². The third kappa shape index (κ3) is 3.45. The molecule has 1 amide bonds. The van der Waals surface area contributed by atoms with Crippen LogP contribution in [0.5, 0.6) is 5.75 Å². The number of carbonyl (C=O) groups excluding carboxylic acids is 1. The molecule has 2 atom stereocenters. The molecule has 0 bridgehead atoms. The number of fused-ring (bicyclic) bond motifs is 2. The summed E-state index contributed by atoms with van der Waals surface area (Å²) in [5.41, 5.74) is 10.2. The zero-order valence-electron chi connectivity index (χ0n) is 19.6. The molecular weight excluding hydrogens is 416 g/mol. The van der Waals surface area contributed by atoms with Crippen molar-refractivity contribution in [2.24, 2.45) is 12.8 Å². The average Bonchev–Trinajstić information content (AvgIpc) is 3.36. The minimum Gasteiger partial charge on any atom is -0.494 e. The van der Waals surface area contributed by atoms with Crippen LogP contribution in [-0.2, 0) is 13.6 Å². The number of nitrogens with zero attached hydrogens (tertiary/aromatic N) is 5. The van der Waals surface area contributed by atoms with Crippen molar-refractivity contribution in [2.75, 3.05) is 13.7 Å². The fourth-order valence-corrected chi connectivity index (χ4v) is 4.99. The second-order valence-electron chi connectivity index (χ2n) is 8.87. The van der Waals surface area contributed by atoms with Crippen molar-refractivity contribution in [3.8, 4) is 17.3 Å². The molecule has 1 unspecified atom stereocenters. The summed E-state index contributed by atoms with van der Waals surface area (Å²) in [6.07, 6.45) is 3.66. The van der Waals surface area contributed by atoms with Gasteiger partial charge in [0.1, 0.15) is 16.9 Å². The molecule has 3 aromatic heterocycles. The van der Waals surface area contributed by atoms with Gasteiger partial charge in [0.15, 0.2) is 5.82 Å². The number of piperidine rings is 1. The van der Waals surface area contributed by atoms with Gasteiger partial charge in [-0.05, 0) is 57.0 Å². The summed E-state index contributed by atoms with van der Waals surface area (Å²) in [4.78, 5) is 24.8. The van der Waals surface area contributed by atoms with E-state index in [4.69, 9.17) is 15.5 Å². The van der Waals surface area contributed by atoms with Crippen LogP contribution in [0.25, 0.3) is 33.6 Å². The largest absolute Gasteiger partial charge is 0.494 e. The van der Waals surface area contributed by atoms with Crippen LogP contribution in [0.3, 0.4) is 0 Å². The number of ether oxygens (including phenoxy) is 1. The van der Waals surface area contributed by atoms with E-state index in [1.54, 1.807) is 7.11 Å². The van der Waals surface area contributed by atoms with Crippen molar-refractivity contribution in [3.63, 3.8) is 0 Å². The summed E-state index contributed by atoms with van der Waals surface area (Å²) in [7, 11) is 3.60. The number of aryl methyl sites for hydroxylation is 2. The first-order valence-corrected chi connectivity index (χ1v) is 11.5. The van der Waals surface area contributed by atoms with E-state index in [-0.39, 0.29) is 18.0 Å². The summed E-state index contributed by atoms with van der Waals surface area (Å²) in [6.45, 7) is 5.52. The zero-order valence-corrected chi connectivity index (χ0v) is 19.6. The van der Waals surface area contributed by atoms with E-state index in [0.717, 1.165) is 53.0 Å². The molecule has 0 aliphatic carbocycles. The predicted molar refractivity (Wildman–Crippen MR) is 129 cm³/mol. The Morgan fingerprint density at radius 2 is 2.09 bits per heavy atom. The molecule has 4 aromatic rings. The molecule has 2 N–H and O–H groups in total. The first kappa shape index (κ1) is 21.5. The lowest BCUT2D eigenvalue weighted by Gasteiger charge is -2.36. The highest BCUT2D eigenvalue weighted by atomic mass is 16.5. The van der Waals surface area contributed by atoms with Crippen LogP contribution in [0, 0.1) is 0 Å². The summed E-state index contributed by atoms with van der Waals surface area (Å²) in [5.74, 6) is 1.40. The van der Waals surface area contributed by atoms with Gasteiger partial charge >= 0.3 is 0 Å². The number of hydrogen-bond acceptors (Lipinski definition) is 5. The minimum absolute atomic E-state index is 0.0156. The van der Waals surface area contributed by atoms with Crippen molar-refractivity contribution in [1.29, 1.82) is 0 Å². The van der Waals surface area contributed by atoms with E-state index in [2.05, 4.69) is 35.5 Å². The lowest BCUT2D eigenvalue weighted by atomic mass is 9.99. The average molecular weight is 447 g/mol. The van der Waals surface area contributed by atoms with Crippen molar-refractivity contribution < 1.29 is 9.53 Å². The lowest BCUT2D eigenvalue weighted by molar-refractivity contribution is 0.0612. The number of nitrogens with two attached hydrogens (primary N) is 1. The van der Waals surface area contributed by atoms with Gasteiger partial charge in [0, 0.05) is 49.4 Å². The Morgan fingerprint density at radius 3 is 2.85 bits per heavy atom. The molecule has 33 heavy (non-hydrogen) atoms. The number of imidazole rings is 1. The smallest absolute Gasteiger partial charge is 0.254 e. The van der Waals surface area contributed by atoms with Gasteiger partial charge in [-0.2, -0.15) is 0 Å². The van der Waals surface area contributed by atoms with Gasteiger partial charge in [0.2, 0.25) is 0 Å². The maximum atomic E-state index is 13.4. The summed E-state index contributed by atoms with van der Waals surface area (Å²) < 4.78 is 9.91. The number of hydrogen-bond donors (Lipinski definition) is 1. The van der Waals surface area contributed by atoms with E-state index < -0.39 is 0 Å². The van der Waals surface area contributed by atoms with Crippen LogP contribution in [-0.4, -0.2) is 55.6 Å². The van der Waals surface area contributed by atoms with Crippen molar-refractivity contribution in [2.45, 2.75) is 45.3 Å². The van der Waals surface area contributed by atoms with E-state index >= 15 is 0 Å². The Morgan fingerprint density at radius 1 is 1.27 bits per heavy atom. The van der Waals surface area contributed by atoms with E-state index in [1.807, 2.05) is 40.9 Å². The third-order valence-corrected chi connectivity index (χ3v) is 6.78. The van der Waals surface area contributed by atoms with Crippen molar-refractivity contribution in [3.05, 3.63) is 42.1 Å². The fraction of sp³-hybridized carbons (Fsp3) is 0.400. The molecule has 0 radical (unpaired) electrons. The van der Waals surface area contributed by atoms with Crippen LogP contribution < -0.4 is 10.5 Å². The number of amides is 1. The molecule has 1 aliphatic rings. The van der Waals surface area contributed by atoms with Gasteiger partial charge in [-0.1, -0.05) is 0 Å². The number of methoxy groups -OCH3 is 1. The van der Waals surface area contributed by atoms with Gasteiger partial charge in [-0.3, -0.25) is 4.79 Å². The third-order valence-electron chi connectivity index (χ3n) is 6.78. The number of pyridine rings is 1. The summed E-state index contributed by atoms with van der Waals surface area (Å²) in [6, 6.07) is 9.97. The van der Waals surface area contributed by atoms with Crippen LogP contribution in [0.4, 0.5) is 0 Å². The quantitative estimate of drug-likeness (QED) is 0.517. The molecule has 1 saturated heterocycles. The highest BCUT2D eigenvalue weighted by molar-refractivity contribution is 6.00. The van der Waals surface area contributed by atoms with Gasteiger partial charge in [-0.25, -0.2) is 9.97 Å². The predicted octanol–water partition coefficient (Wildman–Crippen LogP) is 3.57. The Bertz CT molecular complexity index is 1350. The Labute approximate surface area is 193 Å². The first-order valence-electron chi connectivity index (χ1n) is 11.5. The molecule has 0 saturated carbocycles. The molecule has 8 nitrogen and oxygen atoms in total. The zero-order chi connectivity index (χ0) is 23.3. The first-order chi connectivity index (χ1) is 15.9.